The average molecular weight is 264 g/mol. The van der Waals surface area contributed by atoms with Gasteiger partial charge in [-0.15, -0.1) is 0 Å². The lowest BCUT2D eigenvalue weighted by Crippen LogP contribution is -2.10. The van der Waals surface area contributed by atoms with Crippen LogP contribution in [0.5, 0.6) is 0 Å². The number of Topliss-reactive ketones (excluding diaryl/α,β-unsaturated/α-hetero) is 2. The molecule has 0 fully saturated rings. The van der Waals surface area contributed by atoms with Gasteiger partial charge >= 0.3 is 0 Å². The minimum atomic E-state index is -0.973. The van der Waals surface area contributed by atoms with Crippen molar-refractivity contribution in [3.8, 4) is 0 Å². The van der Waals surface area contributed by atoms with Gasteiger partial charge in [-0.05, 0) is 12.1 Å². The van der Waals surface area contributed by atoms with Crippen LogP contribution >= 0.6 is 0 Å². The van der Waals surface area contributed by atoms with Gasteiger partial charge in [0.2, 0.25) is 0 Å². The Morgan fingerprint density at radius 3 is 2.58 bits per heavy atom. The minimum Gasteiger partial charge on any atom is -0.340 e. The average Bonchev–Trinajstić information content (AvgIpc) is 2.75. The van der Waals surface area contributed by atoms with Crippen LogP contribution in [0, 0.1) is 11.6 Å². The molecule has 0 N–H and O–H groups in total. The van der Waals surface area contributed by atoms with Gasteiger partial charge in [0.05, 0.1) is 18.3 Å². The van der Waals surface area contributed by atoms with Gasteiger partial charge in [-0.1, -0.05) is 0 Å². The molecule has 0 aliphatic heterocycles. The number of nitrogens with zero attached hydrogens (tertiary/aromatic N) is 2. The zero-order chi connectivity index (χ0) is 14.0. The molecule has 19 heavy (non-hydrogen) atoms. The zero-order valence-corrected chi connectivity index (χ0v) is 10.1. The third kappa shape index (κ3) is 2.90. The van der Waals surface area contributed by atoms with Crippen LogP contribution in [0.25, 0.3) is 0 Å². The number of halogens is 2. The van der Waals surface area contributed by atoms with Crippen molar-refractivity contribution in [1.82, 2.24) is 9.55 Å². The SMILES string of the molecule is Cn1cnc(C(=O)CC(=O)c2ccc(F)cc2F)c1. The summed E-state index contributed by atoms with van der Waals surface area (Å²) in [7, 11) is 1.69. The minimum absolute atomic E-state index is 0.137. The number of carbonyl (C=O) groups is 2. The van der Waals surface area contributed by atoms with Crippen molar-refractivity contribution in [3.05, 3.63) is 53.6 Å². The van der Waals surface area contributed by atoms with Crippen molar-refractivity contribution in [3.63, 3.8) is 0 Å². The van der Waals surface area contributed by atoms with Crippen molar-refractivity contribution < 1.29 is 18.4 Å². The lowest BCUT2D eigenvalue weighted by Gasteiger charge is -2.01. The van der Waals surface area contributed by atoms with E-state index in [9.17, 15) is 18.4 Å². The Morgan fingerprint density at radius 2 is 2.00 bits per heavy atom. The topological polar surface area (TPSA) is 52.0 Å². The molecule has 1 aromatic carbocycles. The number of hydrogen-bond donors (Lipinski definition) is 0. The molecule has 6 heteroatoms. The van der Waals surface area contributed by atoms with Crippen LogP contribution in [0.4, 0.5) is 8.78 Å². The highest BCUT2D eigenvalue weighted by Crippen LogP contribution is 2.13. The highest BCUT2D eigenvalue weighted by molar-refractivity contribution is 6.12. The summed E-state index contributed by atoms with van der Waals surface area (Å²) < 4.78 is 27.6. The summed E-state index contributed by atoms with van der Waals surface area (Å²) >= 11 is 0. The van der Waals surface area contributed by atoms with Gasteiger partial charge in [0.15, 0.2) is 11.6 Å². The van der Waals surface area contributed by atoms with Crippen molar-refractivity contribution in [1.29, 1.82) is 0 Å². The van der Waals surface area contributed by atoms with Gasteiger partial charge in [0.25, 0.3) is 0 Å². The van der Waals surface area contributed by atoms with Gasteiger partial charge in [-0.3, -0.25) is 9.59 Å². The van der Waals surface area contributed by atoms with Crippen molar-refractivity contribution >= 4 is 11.6 Å². The number of imidazole rings is 1. The fourth-order valence-electron chi connectivity index (χ4n) is 1.60. The standard InChI is InChI=1S/C13H10F2N2O2/c1-17-6-11(16-7-17)13(19)5-12(18)9-3-2-8(14)4-10(9)15/h2-4,6-7H,5H2,1H3. The van der Waals surface area contributed by atoms with Crippen LogP contribution in [-0.4, -0.2) is 21.1 Å². The van der Waals surface area contributed by atoms with Crippen LogP contribution in [0.2, 0.25) is 0 Å². The highest BCUT2D eigenvalue weighted by atomic mass is 19.1. The van der Waals surface area contributed by atoms with Crippen LogP contribution in [0.15, 0.2) is 30.7 Å². The van der Waals surface area contributed by atoms with E-state index in [1.54, 1.807) is 11.6 Å². The smallest absolute Gasteiger partial charge is 0.190 e. The first kappa shape index (κ1) is 13.1. The molecule has 0 saturated heterocycles. The number of benzene rings is 1. The van der Waals surface area contributed by atoms with Crippen LogP contribution in [0.1, 0.15) is 27.3 Å². The van der Waals surface area contributed by atoms with E-state index in [0.717, 1.165) is 12.1 Å². The van der Waals surface area contributed by atoms with Gasteiger partial charge < -0.3 is 4.57 Å². The van der Waals surface area contributed by atoms with Crippen LogP contribution < -0.4 is 0 Å². The summed E-state index contributed by atoms with van der Waals surface area (Å²) in [5.41, 5.74) is -0.163. The Labute approximate surface area is 107 Å². The van der Waals surface area contributed by atoms with Gasteiger partial charge in [-0.25, -0.2) is 13.8 Å². The van der Waals surface area contributed by atoms with E-state index in [1.807, 2.05) is 0 Å². The first-order valence-electron chi connectivity index (χ1n) is 5.47. The molecule has 0 radical (unpaired) electrons. The molecule has 0 amide bonds. The Hall–Kier alpha value is -2.37. The number of aromatic nitrogens is 2. The maximum Gasteiger partial charge on any atom is 0.190 e. The predicted molar refractivity (Wildman–Crippen MR) is 62.8 cm³/mol. The third-order valence-corrected chi connectivity index (χ3v) is 2.54. The van der Waals surface area contributed by atoms with Crippen LogP contribution in [0.3, 0.4) is 0 Å². The Morgan fingerprint density at radius 1 is 1.26 bits per heavy atom. The van der Waals surface area contributed by atoms with E-state index in [1.165, 1.54) is 12.5 Å². The second kappa shape index (κ2) is 5.09. The third-order valence-electron chi connectivity index (χ3n) is 2.54. The Balaban J connectivity index is 2.15. The van der Waals surface area contributed by atoms with Gasteiger partial charge in [0.1, 0.15) is 17.3 Å². The van der Waals surface area contributed by atoms with Crippen LogP contribution in [-0.2, 0) is 7.05 Å². The largest absolute Gasteiger partial charge is 0.340 e. The fourth-order valence-corrected chi connectivity index (χ4v) is 1.60. The second-order valence-corrected chi connectivity index (χ2v) is 4.07. The van der Waals surface area contributed by atoms with Gasteiger partial charge in [-0.2, -0.15) is 0 Å². The Bertz CT molecular complexity index is 650. The zero-order valence-electron chi connectivity index (χ0n) is 10.1. The second-order valence-electron chi connectivity index (χ2n) is 4.07. The summed E-state index contributed by atoms with van der Waals surface area (Å²) in [6.45, 7) is 0. The molecular formula is C13H10F2N2O2. The Kier molecular flexibility index (Phi) is 3.50. The molecule has 0 saturated carbocycles. The summed E-state index contributed by atoms with van der Waals surface area (Å²) in [5.74, 6) is -2.95. The normalized spacial score (nSPS) is 10.5. The highest BCUT2D eigenvalue weighted by Gasteiger charge is 2.18. The number of rotatable bonds is 4. The summed E-state index contributed by atoms with van der Waals surface area (Å²) in [4.78, 5) is 27.3. The first-order chi connectivity index (χ1) is 8.97. The molecule has 1 aromatic heterocycles. The molecule has 1 heterocycles. The van der Waals surface area contributed by atoms with Crippen molar-refractivity contribution in [2.45, 2.75) is 6.42 Å². The number of hydrogen-bond acceptors (Lipinski definition) is 3. The first-order valence-corrected chi connectivity index (χ1v) is 5.47. The number of aryl methyl sites for hydroxylation is 1. The molecule has 0 spiro atoms. The monoisotopic (exact) mass is 264 g/mol. The molecule has 4 nitrogen and oxygen atoms in total. The van der Waals surface area contributed by atoms with Crippen molar-refractivity contribution in [2.24, 2.45) is 7.05 Å². The summed E-state index contributed by atoms with van der Waals surface area (Å²) in [5, 5.41) is 0. The molecule has 0 unspecified atom stereocenters. The van der Waals surface area contributed by atoms with E-state index in [-0.39, 0.29) is 11.3 Å². The number of carbonyl (C=O) groups excluding carboxylic acids is 2. The fraction of sp³-hybridized carbons (Fsp3) is 0.154. The molecule has 2 aromatic rings. The quantitative estimate of drug-likeness (QED) is 0.628. The molecule has 0 bridgehead atoms. The molecular weight excluding hydrogens is 254 g/mol. The van der Waals surface area contributed by atoms with Gasteiger partial charge in [0, 0.05) is 19.3 Å². The number of ketones is 2. The van der Waals surface area contributed by atoms with E-state index in [2.05, 4.69) is 4.98 Å². The molecule has 0 atom stereocenters. The summed E-state index contributed by atoms with van der Waals surface area (Å²) in [6.07, 6.45) is 2.40. The van der Waals surface area contributed by atoms with E-state index >= 15 is 0 Å². The summed E-state index contributed by atoms with van der Waals surface area (Å²) in [6, 6.07) is 2.61. The lowest BCUT2D eigenvalue weighted by atomic mass is 10.0. The molecule has 98 valence electrons. The maximum atomic E-state index is 13.4. The molecule has 2 rings (SSSR count). The predicted octanol–water partition coefficient (Wildman–Crippen LogP) is 2.15. The lowest BCUT2D eigenvalue weighted by molar-refractivity contribution is 0.0889. The van der Waals surface area contributed by atoms with Crippen molar-refractivity contribution in [2.75, 3.05) is 0 Å². The molecule has 0 aliphatic rings. The van der Waals surface area contributed by atoms with E-state index in [4.69, 9.17) is 0 Å². The maximum absolute atomic E-state index is 13.4. The van der Waals surface area contributed by atoms with E-state index in [0.29, 0.717) is 6.07 Å². The molecule has 0 aliphatic carbocycles. The van der Waals surface area contributed by atoms with E-state index < -0.39 is 29.6 Å².